The minimum absolute atomic E-state index is 0.0177. The average Bonchev–Trinajstić information content (AvgIpc) is 3.20. The molecule has 4 aliphatic rings. The number of anilines is 1. The van der Waals surface area contributed by atoms with Crippen molar-refractivity contribution in [2.45, 2.75) is 58.5 Å². The van der Waals surface area contributed by atoms with Gasteiger partial charge in [-0.3, -0.25) is 14.3 Å². The van der Waals surface area contributed by atoms with Gasteiger partial charge in [0.2, 0.25) is 5.91 Å². The summed E-state index contributed by atoms with van der Waals surface area (Å²) in [6, 6.07) is 10.4. The number of para-hydroxylation sites is 1. The van der Waals surface area contributed by atoms with Crippen LogP contribution in [0.4, 0.5) is 5.69 Å². The van der Waals surface area contributed by atoms with E-state index in [-0.39, 0.29) is 11.8 Å². The molecule has 0 N–H and O–H groups in total. The zero-order valence-electron chi connectivity index (χ0n) is 20.2. The zero-order valence-corrected chi connectivity index (χ0v) is 20.2. The van der Waals surface area contributed by atoms with Crippen molar-refractivity contribution in [2.75, 3.05) is 37.6 Å². The molecular weight excluding hydrogens is 426 g/mol. The summed E-state index contributed by atoms with van der Waals surface area (Å²) in [5, 5.41) is 4.76. The van der Waals surface area contributed by atoms with Crippen molar-refractivity contribution in [3.05, 3.63) is 47.3 Å². The highest BCUT2D eigenvalue weighted by atomic mass is 16.2. The Balaban J connectivity index is 1.17. The Morgan fingerprint density at radius 1 is 1.00 bits per heavy atom. The molecule has 0 unspecified atom stereocenters. The fourth-order valence-corrected chi connectivity index (χ4v) is 6.62. The summed E-state index contributed by atoms with van der Waals surface area (Å²) in [6.07, 6.45) is 6.84. The van der Waals surface area contributed by atoms with Gasteiger partial charge in [-0.15, -0.1) is 0 Å². The molecule has 2 amide bonds. The lowest BCUT2D eigenvalue weighted by molar-refractivity contribution is -0.134. The van der Waals surface area contributed by atoms with Gasteiger partial charge in [-0.2, -0.15) is 5.10 Å². The monoisotopic (exact) mass is 461 g/mol. The highest BCUT2D eigenvalue weighted by Gasteiger charge is 2.59. The third kappa shape index (κ3) is 3.60. The Morgan fingerprint density at radius 2 is 1.74 bits per heavy atom. The molecule has 1 aromatic carbocycles. The first-order chi connectivity index (χ1) is 16.6. The van der Waals surface area contributed by atoms with Crippen LogP contribution < -0.4 is 4.90 Å². The van der Waals surface area contributed by atoms with E-state index in [1.807, 2.05) is 20.5 Å². The van der Waals surface area contributed by atoms with Crippen molar-refractivity contribution >= 4 is 17.5 Å². The van der Waals surface area contributed by atoms with Crippen molar-refractivity contribution in [3.8, 4) is 0 Å². The standard InChI is InChI=1S/C27H35N5O2/c1-2-32-23-10-13-31(25(33)22-18-27(22)11-6-7-12-27)19-21(23)24(28-32)26(34)30-16-14-29(15-17-30)20-8-4-3-5-9-20/h3-5,8-9,22H,2,6-7,10-19H2,1H3/t22-/m0/s1. The van der Waals surface area contributed by atoms with Gasteiger partial charge < -0.3 is 14.7 Å². The number of amides is 2. The number of carbonyl (C=O) groups excluding carboxylic acids is 2. The summed E-state index contributed by atoms with van der Waals surface area (Å²) < 4.78 is 1.99. The summed E-state index contributed by atoms with van der Waals surface area (Å²) in [7, 11) is 0. The van der Waals surface area contributed by atoms with Gasteiger partial charge in [0.05, 0.1) is 0 Å². The largest absolute Gasteiger partial charge is 0.368 e. The highest BCUT2D eigenvalue weighted by Crippen LogP contribution is 2.63. The van der Waals surface area contributed by atoms with Gasteiger partial charge in [-0.25, -0.2) is 0 Å². The van der Waals surface area contributed by atoms with Crippen molar-refractivity contribution in [2.24, 2.45) is 11.3 Å². The van der Waals surface area contributed by atoms with Crippen LogP contribution in [0.3, 0.4) is 0 Å². The van der Waals surface area contributed by atoms with Crippen molar-refractivity contribution in [1.82, 2.24) is 19.6 Å². The zero-order chi connectivity index (χ0) is 23.3. The summed E-state index contributed by atoms with van der Waals surface area (Å²) >= 11 is 0. The molecule has 7 heteroatoms. The van der Waals surface area contributed by atoms with Gasteiger partial charge in [-0.05, 0) is 43.7 Å². The molecule has 1 aromatic heterocycles. The number of fused-ring (bicyclic) bond motifs is 1. The summed E-state index contributed by atoms with van der Waals surface area (Å²) in [6.45, 7) is 7.12. The van der Waals surface area contributed by atoms with Crippen LogP contribution in [0.15, 0.2) is 30.3 Å². The number of nitrogens with zero attached hydrogens (tertiary/aromatic N) is 5. The molecule has 1 saturated heterocycles. The van der Waals surface area contributed by atoms with Crippen LogP contribution in [0.1, 0.15) is 60.8 Å². The SMILES string of the molecule is CCn1nc(C(=O)N2CCN(c3ccccc3)CC2)c2c1CCN(C(=O)[C@@H]1CC13CCCC3)C2. The molecular formula is C27H35N5O2. The van der Waals surface area contributed by atoms with E-state index in [1.165, 1.54) is 31.4 Å². The normalized spacial score (nSPS) is 23.3. The van der Waals surface area contributed by atoms with Gasteiger partial charge in [0.1, 0.15) is 0 Å². The van der Waals surface area contributed by atoms with Crippen LogP contribution in [-0.2, 0) is 24.3 Å². The third-order valence-corrected chi connectivity index (χ3v) is 8.72. The summed E-state index contributed by atoms with van der Waals surface area (Å²) in [4.78, 5) is 33.3. The molecule has 2 aliphatic heterocycles. The lowest BCUT2D eigenvalue weighted by atomic mass is 9.99. The maximum Gasteiger partial charge on any atom is 0.274 e. The first kappa shape index (κ1) is 21.7. The van der Waals surface area contributed by atoms with Crippen LogP contribution in [0, 0.1) is 11.3 Å². The molecule has 2 aliphatic carbocycles. The van der Waals surface area contributed by atoms with E-state index in [0.717, 1.165) is 50.3 Å². The summed E-state index contributed by atoms with van der Waals surface area (Å²) in [5.41, 5.74) is 4.20. The number of hydrogen-bond acceptors (Lipinski definition) is 4. The average molecular weight is 462 g/mol. The van der Waals surface area contributed by atoms with Crippen LogP contribution >= 0.6 is 0 Å². The summed E-state index contributed by atoms with van der Waals surface area (Å²) in [5.74, 6) is 0.541. The second-order valence-corrected chi connectivity index (χ2v) is 10.5. The van der Waals surface area contributed by atoms with E-state index in [9.17, 15) is 9.59 Å². The van der Waals surface area contributed by atoms with Crippen LogP contribution in [0.5, 0.6) is 0 Å². The topological polar surface area (TPSA) is 61.7 Å². The number of aryl methyl sites for hydroxylation is 1. The number of aromatic nitrogens is 2. The fraction of sp³-hybridized carbons (Fsp3) is 0.593. The van der Waals surface area contributed by atoms with Crippen molar-refractivity contribution in [1.29, 1.82) is 0 Å². The van der Waals surface area contributed by atoms with E-state index >= 15 is 0 Å². The van der Waals surface area contributed by atoms with Crippen molar-refractivity contribution in [3.63, 3.8) is 0 Å². The number of rotatable bonds is 4. The quantitative estimate of drug-likeness (QED) is 0.701. The molecule has 2 aromatic rings. The predicted octanol–water partition coefficient (Wildman–Crippen LogP) is 3.33. The van der Waals surface area contributed by atoms with Crippen molar-refractivity contribution < 1.29 is 9.59 Å². The van der Waals surface area contributed by atoms with Gasteiger partial charge in [-0.1, -0.05) is 31.0 Å². The second kappa shape index (κ2) is 8.43. The van der Waals surface area contributed by atoms with Gasteiger partial charge in [0.15, 0.2) is 5.69 Å². The maximum atomic E-state index is 13.6. The molecule has 7 nitrogen and oxygen atoms in total. The molecule has 2 saturated carbocycles. The van der Waals surface area contributed by atoms with E-state index < -0.39 is 0 Å². The van der Waals surface area contributed by atoms with Gasteiger partial charge in [0, 0.05) is 75.1 Å². The number of benzene rings is 1. The molecule has 1 atom stereocenters. The van der Waals surface area contributed by atoms with Gasteiger partial charge >= 0.3 is 0 Å². The Bertz CT molecular complexity index is 1080. The van der Waals surface area contributed by atoms with Crippen LogP contribution in [0.25, 0.3) is 0 Å². The smallest absolute Gasteiger partial charge is 0.274 e. The molecule has 0 bridgehead atoms. The fourth-order valence-electron chi connectivity index (χ4n) is 6.62. The number of piperazine rings is 1. The Labute approximate surface area is 201 Å². The minimum Gasteiger partial charge on any atom is -0.368 e. The third-order valence-electron chi connectivity index (χ3n) is 8.72. The van der Waals surface area contributed by atoms with E-state index in [4.69, 9.17) is 5.10 Å². The Hall–Kier alpha value is -2.83. The second-order valence-electron chi connectivity index (χ2n) is 10.5. The number of hydrogen-bond donors (Lipinski definition) is 0. The molecule has 3 heterocycles. The number of carbonyl (C=O) groups is 2. The van der Waals surface area contributed by atoms with E-state index in [1.54, 1.807) is 0 Å². The van der Waals surface area contributed by atoms with Crippen LogP contribution in [0.2, 0.25) is 0 Å². The van der Waals surface area contributed by atoms with E-state index in [0.29, 0.717) is 36.7 Å². The van der Waals surface area contributed by atoms with Gasteiger partial charge in [0.25, 0.3) is 5.91 Å². The predicted molar refractivity (Wildman–Crippen MR) is 131 cm³/mol. The molecule has 0 radical (unpaired) electrons. The lowest BCUT2D eigenvalue weighted by Gasteiger charge is -2.36. The lowest BCUT2D eigenvalue weighted by Crippen LogP contribution is -2.49. The first-order valence-electron chi connectivity index (χ1n) is 13.1. The molecule has 3 fully saturated rings. The highest BCUT2D eigenvalue weighted by molar-refractivity contribution is 5.94. The first-order valence-corrected chi connectivity index (χ1v) is 13.1. The molecule has 6 rings (SSSR count). The maximum absolute atomic E-state index is 13.6. The molecule has 180 valence electrons. The minimum atomic E-state index is 0.0177. The molecule has 34 heavy (non-hydrogen) atoms. The van der Waals surface area contributed by atoms with E-state index in [2.05, 4.69) is 36.1 Å². The molecule has 1 spiro atoms. The van der Waals surface area contributed by atoms with Crippen LogP contribution in [-0.4, -0.2) is 64.1 Å². The Morgan fingerprint density at radius 3 is 2.44 bits per heavy atom. The Kier molecular flexibility index (Phi) is 5.38.